The molecule has 0 atom stereocenters. The SMILES string of the molecule is CC(C)(C)OC(=O)N1CCC(NC(=O)c2nnn(-c3ccc(F)cc3)c2C(F)(F)F)CC1. The summed E-state index contributed by atoms with van der Waals surface area (Å²) < 4.78 is 60.0. The van der Waals surface area contributed by atoms with Gasteiger partial charge in [0.1, 0.15) is 11.4 Å². The Morgan fingerprint density at radius 1 is 1.09 bits per heavy atom. The topological polar surface area (TPSA) is 89.3 Å². The molecular weight excluding hydrogens is 434 g/mol. The highest BCUT2D eigenvalue weighted by Crippen LogP contribution is 2.33. The largest absolute Gasteiger partial charge is 0.444 e. The fourth-order valence-corrected chi connectivity index (χ4v) is 3.24. The maximum Gasteiger partial charge on any atom is 0.435 e. The predicted molar refractivity (Wildman–Crippen MR) is 105 cm³/mol. The van der Waals surface area contributed by atoms with Gasteiger partial charge in [-0.25, -0.2) is 13.9 Å². The van der Waals surface area contributed by atoms with Crippen molar-refractivity contribution in [2.75, 3.05) is 13.1 Å². The molecule has 2 amide bonds. The first kappa shape index (κ1) is 23.5. The summed E-state index contributed by atoms with van der Waals surface area (Å²) >= 11 is 0. The average Bonchev–Trinajstić information content (AvgIpc) is 3.13. The summed E-state index contributed by atoms with van der Waals surface area (Å²) in [5, 5.41) is 9.43. The van der Waals surface area contributed by atoms with Gasteiger partial charge in [-0.3, -0.25) is 4.79 Å². The number of amides is 2. The molecule has 174 valence electrons. The molecule has 0 spiro atoms. The van der Waals surface area contributed by atoms with Crippen molar-refractivity contribution in [2.45, 2.75) is 51.4 Å². The zero-order valence-corrected chi connectivity index (χ0v) is 17.7. The van der Waals surface area contributed by atoms with E-state index in [0.717, 1.165) is 24.3 Å². The molecule has 1 aliphatic rings. The van der Waals surface area contributed by atoms with Crippen molar-refractivity contribution in [1.29, 1.82) is 0 Å². The standard InChI is InChI=1S/C20H23F4N5O3/c1-19(2,3)32-18(31)28-10-8-13(9-11-28)25-17(30)15-16(20(22,23)24)29(27-26-15)14-6-4-12(21)5-7-14/h4-7,13H,8-11H2,1-3H3,(H,25,30). The van der Waals surface area contributed by atoms with Crippen LogP contribution in [0.5, 0.6) is 0 Å². The number of hydrogen-bond acceptors (Lipinski definition) is 5. The lowest BCUT2D eigenvalue weighted by Crippen LogP contribution is -2.48. The number of likely N-dealkylation sites (tertiary alicyclic amines) is 1. The van der Waals surface area contributed by atoms with Gasteiger partial charge < -0.3 is 15.0 Å². The summed E-state index contributed by atoms with van der Waals surface area (Å²) in [6.45, 7) is 5.81. The van der Waals surface area contributed by atoms with E-state index in [-0.39, 0.29) is 18.8 Å². The van der Waals surface area contributed by atoms with E-state index in [0.29, 0.717) is 17.5 Å². The number of nitrogens with one attached hydrogen (secondary N) is 1. The van der Waals surface area contributed by atoms with E-state index < -0.39 is 47.0 Å². The number of benzene rings is 1. The van der Waals surface area contributed by atoms with Crippen LogP contribution in [0.4, 0.5) is 22.4 Å². The molecule has 8 nitrogen and oxygen atoms in total. The van der Waals surface area contributed by atoms with Crippen molar-refractivity contribution in [1.82, 2.24) is 25.2 Å². The van der Waals surface area contributed by atoms with Crippen LogP contribution in [0.3, 0.4) is 0 Å². The van der Waals surface area contributed by atoms with Gasteiger partial charge in [-0.15, -0.1) is 5.10 Å². The highest BCUT2D eigenvalue weighted by molar-refractivity contribution is 5.93. The Morgan fingerprint density at radius 3 is 2.22 bits per heavy atom. The minimum absolute atomic E-state index is 0.0871. The monoisotopic (exact) mass is 457 g/mol. The van der Waals surface area contributed by atoms with Gasteiger partial charge in [0, 0.05) is 19.1 Å². The van der Waals surface area contributed by atoms with E-state index in [1.54, 1.807) is 20.8 Å². The van der Waals surface area contributed by atoms with E-state index in [1.165, 1.54) is 4.90 Å². The molecule has 1 fully saturated rings. The van der Waals surface area contributed by atoms with Crippen molar-refractivity contribution in [3.8, 4) is 5.69 Å². The van der Waals surface area contributed by atoms with Crippen LogP contribution >= 0.6 is 0 Å². The van der Waals surface area contributed by atoms with Gasteiger partial charge in [-0.1, -0.05) is 5.21 Å². The minimum atomic E-state index is -4.93. The van der Waals surface area contributed by atoms with Crippen molar-refractivity contribution in [3.05, 3.63) is 41.5 Å². The number of aromatic nitrogens is 3. The average molecular weight is 457 g/mol. The van der Waals surface area contributed by atoms with E-state index in [4.69, 9.17) is 4.74 Å². The highest BCUT2D eigenvalue weighted by atomic mass is 19.4. The lowest BCUT2D eigenvalue weighted by molar-refractivity contribution is -0.143. The Labute approximate surface area is 181 Å². The number of carbonyl (C=O) groups excluding carboxylic acids is 2. The smallest absolute Gasteiger partial charge is 0.435 e. The Morgan fingerprint density at radius 2 is 1.69 bits per heavy atom. The van der Waals surface area contributed by atoms with Crippen molar-refractivity contribution in [2.24, 2.45) is 0 Å². The summed E-state index contributed by atoms with van der Waals surface area (Å²) in [4.78, 5) is 26.2. The van der Waals surface area contributed by atoms with E-state index >= 15 is 0 Å². The molecule has 2 heterocycles. The highest BCUT2D eigenvalue weighted by Gasteiger charge is 2.42. The second-order valence-electron chi connectivity index (χ2n) is 8.39. The zero-order chi connectivity index (χ0) is 23.7. The van der Waals surface area contributed by atoms with Gasteiger partial charge in [-0.2, -0.15) is 13.2 Å². The molecule has 12 heteroatoms. The van der Waals surface area contributed by atoms with Gasteiger partial charge in [0.05, 0.1) is 5.69 Å². The van der Waals surface area contributed by atoms with Crippen LogP contribution in [-0.2, 0) is 10.9 Å². The predicted octanol–water partition coefficient (Wildman–Crippen LogP) is 3.55. The Bertz CT molecular complexity index is 975. The van der Waals surface area contributed by atoms with E-state index in [1.807, 2.05) is 0 Å². The normalized spacial score (nSPS) is 15.5. The molecule has 0 aliphatic carbocycles. The molecule has 0 radical (unpaired) electrons. The molecule has 2 aromatic rings. The van der Waals surface area contributed by atoms with Gasteiger partial charge in [0.15, 0.2) is 11.4 Å². The number of rotatable bonds is 3. The van der Waals surface area contributed by atoms with Gasteiger partial charge >= 0.3 is 12.3 Å². The second-order valence-corrected chi connectivity index (χ2v) is 8.39. The number of carbonyl (C=O) groups is 2. The molecular formula is C20H23F4N5O3. The Hall–Kier alpha value is -3.18. The summed E-state index contributed by atoms with van der Waals surface area (Å²) in [6, 6.07) is 3.73. The molecule has 3 rings (SSSR count). The number of ether oxygens (including phenoxy) is 1. The third kappa shape index (κ3) is 5.54. The molecule has 1 N–H and O–H groups in total. The number of piperidine rings is 1. The molecule has 1 aliphatic heterocycles. The summed E-state index contributed by atoms with van der Waals surface area (Å²) in [7, 11) is 0. The first-order valence-electron chi connectivity index (χ1n) is 9.93. The van der Waals surface area contributed by atoms with Crippen LogP contribution in [0.15, 0.2) is 24.3 Å². The second kappa shape index (κ2) is 8.75. The van der Waals surface area contributed by atoms with Crippen LogP contribution in [0.2, 0.25) is 0 Å². The van der Waals surface area contributed by atoms with Crippen LogP contribution in [0.1, 0.15) is 49.8 Å². The van der Waals surface area contributed by atoms with Crippen molar-refractivity contribution >= 4 is 12.0 Å². The summed E-state index contributed by atoms with van der Waals surface area (Å²) in [5.74, 6) is -1.65. The van der Waals surface area contributed by atoms with Crippen molar-refractivity contribution < 1.29 is 31.9 Å². The number of nitrogens with zero attached hydrogens (tertiary/aromatic N) is 4. The van der Waals surface area contributed by atoms with Crippen LogP contribution < -0.4 is 5.32 Å². The summed E-state index contributed by atoms with van der Waals surface area (Å²) in [5.41, 5.74) is -2.97. The molecule has 1 saturated heterocycles. The zero-order valence-electron chi connectivity index (χ0n) is 17.7. The first-order valence-corrected chi connectivity index (χ1v) is 9.93. The lowest BCUT2D eigenvalue weighted by atomic mass is 10.1. The Balaban J connectivity index is 1.71. The third-order valence-corrected chi connectivity index (χ3v) is 4.71. The molecule has 0 unspecified atom stereocenters. The minimum Gasteiger partial charge on any atom is -0.444 e. The molecule has 1 aromatic heterocycles. The van der Waals surface area contributed by atoms with Gasteiger partial charge in [-0.05, 0) is 57.9 Å². The maximum absolute atomic E-state index is 13.7. The number of halogens is 4. The summed E-state index contributed by atoms with van der Waals surface area (Å²) in [6.07, 6.45) is -4.72. The first-order chi connectivity index (χ1) is 14.8. The maximum atomic E-state index is 13.7. The van der Waals surface area contributed by atoms with E-state index in [9.17, 15) is 27.2 Å². The molecule has 32 heavy (non-hydrogen) atoms. The quantitative estimate of drug-likeness (QED) is 0.712. The van der Waals surface area contributed by atoms with Crippen LogP contribution in [0, 0.1) is 5.82 Å². The van der Waals surface area contributed by atoms with Crippen LogP contribution in [-0.4, -0.2) is 56.6 Å². The number of alkyl halides is 3. The third-order valence-electron chi connectivity index (χ3n) is 4.71. The fourth-order valence-electron chi connectivity index (χ4n) is 3.24. The molecule has 0 bridgehead atoms. The number of hydrogen-bond donors (Lipinski definition) is 1. The van der Waals surface area contributed by atoms with E-state index in [2.05, 4.69) is 15.6 Å². The van der Waals surface area contributed by atoms with Gasteiger partial charge in [0.2, 0.25) is 0 Å². The fraction of sp³-hybridized carbons (Fsp3) is 0.500. The van der Waals surface area contributed by atoms with Crippen molar-refractivity contribution in [3.63, 3.8) is 0 Å². The van der Waals surface area contributed by atoms with Gasteiger partial charge in [0.25, 0.3) is 5.91 Å². The van der Waals surface area contributed by atoms with Crippen LogP contribution in [0.25, 0.3) is 5.69 Å². The lowest BCUT2D eigenvalue weighted by Gasteiger charge is -2.33. The molecule has 1 aromatic carbocycles. The Kier molecular flexibility index (Phi) is 6.42. The molecule has 0 saturated carbocycles.